The molecule has 0 bridgehead atoms. The third-order valence-corrected chi connectivity index (χ3v) is 4.16. The van der Waals surface area contributed by atoms with Crippen molar-refractivity contribution in [3.63, 3.8) is 0 Å². The largest absolute Gasteiger partial charge is 0.488 e. The Balaban J connectivity index is 2.05. The van der Waals surface area contributed by atoms with Crippen LogP contribution in [0.1, 0.15) is 11.1 Å². The van der Waals surface area contributed by atoms with Crippen LogP contribution in [0, 0.1) is 21.4 Å². The van der Waals surface area contributed by atoms with Crippen molar-refractivity contribution in [2.75, 3.05) is 12.4 Å². The Morgan fingerprint density at radius 2 is 1.74 bits per heavy atom. The van der Waals surface area contributed by atoms with Crippen LogP contribution in [-0.4, -0.2) is 12.0 Å². The number of nitrogens with one attached hydrogen (secondary N) is 1. The molecule has 3 aromatic rings. The highest BCUT2D eigenvalue weighted by Crippen LogP contribution is 2.39. The van der Waals surface area contributed by atoms with E-state index in [1.807, 2.05) is 54.6 Å². The molecule has 0 radical (unpaired) electrons. The molecule has 0 aliphatic carbocycles. The number of rotatable bonds is 6. The lowest BCUT2D eigenvalue weighted by atomic mass is 9.97. The van der Waals surface area contributed by atoms with Gasteiger partial charge in [-0.3, -0.25) is 10.1 Å². The lowest BCUT2D eigenvalue weighted by Crippen LogP contribution is -2.02. The smallest absolute Gasteiger partial charge is 0.293 e. The quantitative estimate of drug-likeness (QED) is 0.506. The minimum Gasteiger partial charge on any atom is -0.488 e. The molecule has 6 heteroatoms. The summed E-state index contributed by atoms with van der Waals surface area (Å²) in [6, 6.07) is 22.2. The topological polar surface area (TPSA) is 88.2 Å². The van der Waals surface area contributed by atoms with Crippen LogP contribution in [0.25, 0.3) is 11.1 Å². The number of ether oxygens (including phenoxy) is 1. The van der Waals surface area contributed by atoms with Gasteiger partial charge in [0.2, 0.25) is 0 Å². The molecule has 0 atom stereocenters. The Labute approximate surface area is 156 Å². The third kappa shape index (κ3) is 3.72. The van der Waals surface area contributed by atoms with Gasteiger partial charge in [0, 0.05) is 24.2 Å². The van der Waals surface area contributed by atoms with Gasteiger partial charge in [0.25, 0.3) is 5.69 Å². The first-order valence-electron chi connectivity index (χ1n) is 8.31. The molecule has 0 fully saturated rings. The molecular formula is C21H17N3O3. The maximum atomic E-state index is 11.3. The predicted octanol–water partition coefficient (Wildman–Crippen LogP) is 4.75. The van der Waals surface area contributed by atoms with Crippen LogP contribution < -0.4 is 10.1 Å². The average Bonchev–Trinajstić information content (AvgIpc) is 2.71. The number of anilines is 1. The Kier molecular flexibility index (Phi) is 5.33. The van der Waals surface area contributed by atoms with Crippen molar-refractivity contribution in [3.05, 3.63) is 88.0 Å². The minimum atomic E-state index is -0.506. The summed E-state index contributed by atoms with van der Waals surface area (Å²) < 4.78 is 5.96. The van der Waals surface area contributed by atoms with Gasteiger partial charge in [0.05, 0.1) is 10.5 Å². The zero-order valence-electron chi connectivity index (χ0n) is 14.7. The lowest BCUT2D eigenvalue weighted by Gasteiger charge is -2.14. The molecule has 0 aliphatic rings. The van der Waals surface area contributed by atoms with Gasteiger partial charge in [0.15, 0.2) is 0 Å². The van der Waals surface area contributed by atoms with Crippen molar-refractivity contribution in [2.24, 2.45) is 0 Å². The summed E-state index contributed by atoms with van der Waals surface area (Å²) in [7, 11) is 1.56. The second-order valence-corrected chi connectivity index (χ2v) is 5.77. The van der Waals surface area contributed by atoms with E-state index in [0.29, 0.717) is 23.5 Å². The van der Waals surface area contributed by atoms with Crippen LogP contribution >= 0.6 is 0 Å². The SMILES string of the molecule is CNc1c([N+](=O)[O-])ccc(-c2ccccc2OCc2ccccc2)c1C#N. The van der Waals surface area contributed by atoms with Gasteiger partial charge in [-0.05, 0) is 17.7 Å². The van der Waals surface area contributed by atoms with Gasteiger partial charge in [-0.15, -0.1) is 0 Å². The van der Waals surface area contributed by atoms with Crippen molar-refractivity contribution in [2.45, 2.75) is 6.61 Å². The van der Waals surface area contributed by atoms with Crippen molar-refractivity contribution >= 4 is 11.4 Å². The minimum absolute atomic E-state index is 0.138. The summed E-state index contributed by atoms with van der Waals surface area (Å²) in [6.07, 6.45) is 0. The van der Waals surface area contributed by atoms with E-state index in [9.17, 15) is 15.4 Å². The first kappa shape index (κ1) is 18.0. The monoisotopic (exact) mass is 359 g/mol. The molecule has 0 aliphatic heterocycles. The highest BCUT2D eigenvalue weighted by atomic mass is 16.6. The Hall–Kier alpha value is -3.85. The molecule has 3 aromatic carbocycles. The number of benzene rings is 3. The summed E-state index contributed by atoms with van der Waals surface area (Å²) in [5, 5.41) is 23.7. The highest BCUT2D eigenvalue weighted by Gasteiger charge is 2.22. The molecular weight excluding hydrogens is 342 g/mol. The van der Waals surface area contributed by atoms with E-state index in [1.54, 1.807) is 13.1 Å². The summed E-state index contributed by atoms with van der Waals surface area (Å²) >= 11 is 0. The predicted molar refractivity (Wildman–Crippen MR) is 104 cm³/mol. The van der Waals surface area contributed by atoms with Gasteiger partial charge in [-0.25, -0.2) is 0 Å². The van der Waals surface area contributed by atoms with E-state index >= 15 is 0 Å². The molecule has 0 spiro atoms. The third-order valence-electron chi connectivity index (χ3n) is 4.16. The van der Waals surface area contributed by atoms with Crippen molar-refractivity contribution in [1.82, 2.24) is 0 Å². The highest BCUT2D eigenvalue weighted by molar-refractivity contribution is 5.85. The Morgan fingerprint density at radius 1 is 1.04 bits per heavy atom. The fourth-order valence-electron chi connectivity index (χ4n) is 2.89. The van der Waals surface area contributed by atoms with Gasteiger partial charge in [-0.2, -0.15) is 5.26 Å². The van der Waals surface area contributed by atoms with Crippen LogP contribution in [0.5, 0.6) is 5.75 Å². The molecule has 3 rings (SSSR count). The van der Waals surface area contributed by atoms with Crippen LogP contribution in [0.4, 0.5) is 11.4 Å². The van der Waals surface area contributed by atoms with Gasteiger partial charge < -0.3 is 10.1 Å². The fourth-order valence-corrected chi connectivity index (χ4v) is 2.89. The number of nitro groups is 1. The van der Waals surface area contributed by atoms with Crippen LogP contribution in [0.2, 0.25) is 0 Å². The molecule has 0 heterocycles. The maximum absolute atomic E-state index is 11.3. The van der Waals surface area contributed by atoms with E-state index in [1.165, 1.54) is 6.07 Å². The molecule has 27 heavy (non-hydrogen) atoms. The number of para-hydroxylation sites is 1. The molecule has 0 saturated carbocycles. The molecule has 1 N–H and O–H groups in total. The summed E-state index contributed by atoms with van der Waals surface area (Å²) in [5.41, 5.74) is 2.57. The maximum Gasteiger partial charge on any atom is 0.293 e. The molecule has 134 valence electrons. The van der Waals surface area contributed by atoms with Gasteiger partial charge >= 0.3 is 0 Å². The average molecular weight is 359 g/mol. The zero-order valence-corrected chi connectivity index (χ0v) is 14.7. The van der Waals surface area contributed by atoms with Crippen LogP contribution in [0.15, 0.2) is 66.7 Å². The second-order valence-electron chi connectivity index (χ2n) is 5.77. The summed E-state index contributed by atoms with van der Waals surface area (Å²) in [5.74, 6) is 0.605. The first-order chi connectivity index (χ1) is 13.2. The number of nitrogens with zero attached hydrogens (tertiary/aromatic N) is 2. The summed E-state index contributed by atoms with van der Waals surface area (Å²) in [6.45, 7) is 0.381. The van der Waals surface area contributed by atoms with Gasteiger partial charge in [0.1, 0.15) is 24.1 Å². The number of nitro benzene ring substituents is 1. The number of hydrogen-bond donors (Lipinski definition) is 1. The van der Waals surface area contributed by atoms with Crippen LogP contribution in [0.3, 0.4) is 0 Å². The second kappa shape index (κ2) is 8.02. The lowest BCUT2D eigenvalue weighted by molar-refractivity contribution is -0.383. The fraction of sp³-hybridized carbons (Fsp3) is 0.0952. The van der Waals surface area contributed by atoms with E-state index in [0.717, 1.165) is 5.56 Å². The standard InChI is InChI=1S/C21H17N3O3/c1-23-21-18(13-22)16(11-12-19(21)24(25)26)17-9-5-6-10-20(17)27-14-15-7-3-2-4-8-15/h2-12,23H,14H2,1H3. The number of nitriles is 1. The summed E-state index contributed by atoms with van der Waals surface area (Å²) in [4.78, 5) is 10.7. The Bertz CT molecular complexity index is 1010. The van der Waals surface area contributed by atoms with E-state index in [4.69, 9.17) is 4.74 Å². The van der Waals surface area contributed by atoms with Crippen molar-refractivity contribution in [1.29, 1.82) is 5.26 Å². The molecule has 0 saturated heterocycles. The van der Waals surface area contributed by atoms with Crippen molar-refractivity contribution < 1.29 is 9.66 Å². The van der Waals surface area contributed by atoms with E-state index in [2.05, 4.69) is 11.4 Å². The zero-order chi connectivity index (χ0) is 19.2. The number of hydrogen-bond acceptors (Lipinski definition) is 5. The molecule has 0 aromatic heterocycles. The van der Waals surface area contributed by atoms with E-state index < -0.39 is 4.92 Å². The van der Waals surface area contributed by atoms with E-state index in [-0.39, 0.29) is 16.9 Å². The first-order valence-corrected chi connectivity index (χ1v) is 8.31. The normalized spacial score (nSPS) is 10.1. The van der Waals surface area contributed by atoms with Gasteiger partial charge in [-0.1, -0.05) is 48.5 Å². The van der Waals surface area contributed by atoms with Crippen molar-refractivity contribution in [3.8, 4) is 22.9 Å². The molecule has 6 nitrogen and oxygen atoms in total. The Morgan fingerprint density at radius 3 is 2.41 bits per heavy atom. The van der Waals surface area contributed by atoms with Crippen LogP contribution in [-0.2, 0) is 6.61 Å². The molecule has 0 unspecified atom stereocenters. The molecule has 0 amide bonds.